The highest BCUT2D eigenvalue weighted by Gasteiger charge is 2.34. The molecule has 3 saturated heterocycles. The number of hydrogen-bond acceptors (Lipinski definition) is 7. The molecular formula is C16H16F3N5O2S. The standard InChI is InChI=1S/C16H16F3N5O2S/c17-16(18,19)10-1-2-12(13(9-10)24(25)26)14-20-21-15(27-14)23-8-7-22-5-3-11(23)4-6-22/h1-2,9,11H,3-8H2. The van der Waals surface area contributed by atoms with Gasteiger partial charge in [0.15, 0.2) is 5.01 Å². The molecule has 0 amide bonds. The van der Waals surface area contributed by atoms with Crippen molar-refractivity contribution < 1.29 is 18.1 Å². The van der Waals surface area contributed by atoms with E-state index in [1.54, 1.807) is 0 Å². The molecule has 3 aliphatic heterocycles. The summed E-state index contributed by atoms with van der Waals surface area (Å²) in [6.45, 7) is 3.80. The molecule has 3 aliphatic rings. The molecule has 2 aromatic rings. The smallest absolute Gasteiger partial charge is 0.342 e. The van der Waals surface area contributed by atoms with Crippen LogP contribution in [0.25, 0.3) is 10.6 Å². The minimum Gasteiger partial charge on any atom is -0.342 e. The summed E-state index contributed by atoms with van der Waals surface area (Å²) in [5.74, 6) is 0. The molecule has 0 aliphatic carbocycles. The first kappa shape index (κ1) is 18.1. The van der Waals surface area contributed by atoms with Crippen molar-refractivity contribution in [2.75, 3.05) is 31.1 Å². The number of fused-ring (bicyclic) bond motifs is 4. The number of aromatic nitrogens is 2. The van der Waals surface area contributed by atoms with Crippen molar-refractivity contribution in [2.24, 2.45) is 0 Å². The number of alkyl halides is 3. The monoisotopic (exact) mass is 399 g/mol. The number of nitrogens with zero attached hydrogens (tertiary/aromatic N) is 5. The van der Waals surface area contributed by atoms with Gasteiger partial charge in [0.1, 0.15) is 0 Å². The molecule has 0 saturated carbocycles. The first-order valence-electron chi connectivity index (χ1n) is 8.51. The molecule has 0 radical (unpaired) electrons. The van der Waals surface area contributed by atoms with Gasteiger partial charge in [0.25, 0.3) is 5.69 Å². The summed E-state index contributed by atoms with van der Waals surface area (Å²) in [5.41, 5.74) is -1.61. The molecule has 0 spiro atoms. The second kappa shape index (κ2) is 6.71. The van der Waals surface area contributed by atoms with Gasteiger partial charge in [-0.25, -0.2) is 0 Å². The topological polar surface area (TPSA) is 75.4 Å². The molecular weight excluding hydrogens is 383 g/mol. The Morgan fingerprint density at radius 3 is 2.56 bits per heavy atom. The number of nitro benzene ring substituents is 1. The van der Waals surface area contributed by atoms with Crippen molar-refractivity contribution >= 4 is 22.2 Å². The molecule has 27 heavy (non-hydrogen) atoms. The quantitative estimate of drug-likeness (QED) is 0.582. The second-order valence-electron chi connectivity index (χ2n) is 6.64. The molecule has 0 N–H and O–H groups in total. The van der Waals surface area contributed by atoms with E-state index in [0.717, 1.165) is 51.2 Å². The number of nitro groups is 1. The molecule has 0 atom stereocenters. The van der Waals surface area contributed by atoms with E-state index in [2.05, 4.69) is 20.0 Å². The lowest BCUT2D eigenvalue weighted by molar-refractivity contribution is -0.384. The van der Waals surface area contributed by atoms with Gasteiger partial charge in [0.2, 0.25) is 5.13 Å². The third kappa shape index (κ3) is 3.48. The largest absolute Gasteiger partial charge is 0.416 e. The van der Waals surface area contributed by atoms with Gasteiger partial charge < -0.3 is 9.80 Å². The van der Waals surface area contributed by atoms with Crippen LogP contribution in [0.2, 0.25) is 0 Å². The summed E-state index contributed by atoms with van der Waals surface area (Å²) in [7, 11) is 0. The van der Waals surface area contributed by atoms with E-state index in [0.29, 0.717) is 17.2 Å². The molecule has 144 valence electrons. The summed E-state index contributed by atoms with van der Waals surface area (Å²) in [6.07, 6.45) is -2.60. The normalized spacial score (nSPS) is 22.7. The van der Waals surface area contributed by atoms with E-state index in [1.807, 2.05) is 0 Å². The molecule has 7 nitrogen and oxygen atoms in total. The van der Waals surface area contributed by atoms with Crippen LogP contribution in [-0.4, -0.2) is 52.2 Å². The average Bonchev–Trinajstić information content (AvgIpc) is 2.92. The van der Waals surface area contributed by atoms with Gasteiger partial charge in [-0.2, -0.15) is 13.2 Å². The number of anilines is 1. The lowest BCUT2D eigenvalue weighted by Gasteiger charge is -2.30. The summed E-state index contributed by atoms with van der Waals surface area (Å²) in [4.78, 5) is 15.1. The highest BCUT2D eigenvalue weighted by molar-refractivity contribution is 7.18. The Morgan fingerprint density at radius 2 is 1.89 bits per heavy atom. The zero-order chi connectivity index (χ0) is 19.2. The van der Waals surface area contributed by atoms with E-state index in [9.17, 15) is 23.3 Å². The van der Waals surface area contributed by atoms with Crippen LogP contribution in [0.15, 0.2) is 18.2 Å². The van der Waals surface area contributed by atoms with E-state index < -0.39 is 22.4 Å². The fourth-order valence-electron chi connectivity index (χ4n) is 3.62. The van der Waals surface area contributed by atoms with E-state index in [4.69, 9.17) is 0 Å². The second-order valence-corrected chi connectivity index (χ2v) is 7.60. The predicted octanol–water partition coefficient (Wildman–Crippen LogP) is 3.42. The fourth-order valence-corrected chi connectivity index (χ4v) is 4.59. The van der Waals surface area contributed by atoms with Crippen molar-refractivity contribution in [3.8, 4) is 10.6 Å². The predicted molar refractivity (Wildman–Crippen MR) is 93.8 cm³/mol. The Hall–Kier alpha value is -2.27. The Balaban J connectivity index is 1.68. The fraction of sp³-hybridized carbons (Fsp3) is 0.500. The maximum atomic E-state index is 12.9. The maximum Gasteiger partial charge on any atom is 0.416 e. The Kier molecular flexibility index (Phi) is 4.50. The van der Waals surface area contributed by atoms with Crippen LogP contribution in [-0.2, 0) is 6.18 Å². The minimum atomic E-state index is -4.64. The van der Waals surface area contributed by atoms with Crippen molar-refractivity contribution in [3.05, 3.63) is 33.9 Å². The van der Waals surface area contributed by atoms with Gasteiger partial charge >= 0.3 is 6.18 Å². The van der Waals surface area contributed by atoms with Crippen LogP contribution in [0.3, 0.4) is 0 Å². The zero-order valence-corrected chi connectivity index (χ0v) is 15.0. The van der Waals surface area contributed by atoms with E-state index >= 15 is 0 Å². The minimum absolute atomic E-state index is 0.0552. The lowest BCUT2D eigenvalue weighted by atomic mass is 10.1. The maximum absolute atomic E-state index is 12.9. The third-order valence-corrected chi connectivity index (χ3v) is 6.06. The highest BCUT2D eigenvalue weighted by atomic mass is 32.1. The van der Waals surface area contributed by atoms with Crippen LogP contribution >= 0.6 is 11.3 Å². The number of rotatable bonds is 3. The molecule has 1 aromatic heterocycles. The molecule has 1 aromatic carbocycles. The van der Waals surface area contributed by atoms with Gasteiger partial charge in [0, 0.05) is 38.3 Å². The van der Waals surface area contributed by atoms with Crippen LogP contribution in [0.1, 0.15) is 18.4 Å². The average molecular weight is 399 g/mol. The summed E-state index contributed by atoms with van der Waals surface area (Å²) in [6, 6.07) is 2.85. The SMILES string of the molecule is O=[N+]([O-])c1cc(C(F)(F)F)ccc1-c1nnc(N2CCN3CCC2CC3)s1. The molecule has 3 fully saturated rings. The molecule has 4 heterocycles. The lowest BCUT2D eigenvalue weighted by Crippen LogP contribution is -2.37. The van der Waals surface area contributed by atoms with Crippen LogP contribution in [0, 0.1) is 10.1 Å². The van der Waals surface area contributed by atoms with Gasteiger partial charge in [-0.1, -0.05) is 11.3 Å². The first-order valence-corrected chi connectivity index (χ1v) is 9.33. The van der Waals surface area contributed by atoms with Crippen molar-refractivity contribution in [3.63, 3.8) is 0 Å². The number of benzene rings is 1. The molecule has 11 heteroatoms. The Morgan fingerprint density at radius 1 is 1.15 bits per heavy atom. The molecule has 5 rings (SSSR count). The number of halogens is 3. The molecule has 2 bridgehead atoms. The summed E-state index contributed by atoms with van der Waals surface area (Å²) >= 11 is 1.18. The van der Waals surface area contributed by atoms with Gasteiger partial charge in [-0.05, 0) is 25.0 Å². The van der Waals surface area contributed by atoms with Gasteiger partial charge in [-0.15, -0.1) is 10.2 Å². The van der Waals surface area contributed by atoms with Gasteiger partial charge in [0.05, 0.1) is 16.1 Å². The highest BCUT2D eigenvalue weighted by Crippen LogP contribution is 2.39. The first-order chi connectivity index (χ1) is 12.8. The number of hydrogen-bond donors (Lipinski definition) is 0. The van der Waals surface area contributed by atoms with Gasteiger partial charge in [-0.3, -0.25) is 10.1 Å². The third-order valence-electron chi connectivity index (χ3n) is 5.07. The van der Waals surface area contributed by atoms with Crippen LogP contribution < -0.4 is 4.90 Å². The van der Waals surface area contributed by atoms with Crippen molar-refractivity contribution in [2.45, 2.75) is 25.1 Å². The van der Waals surface area contributed by atoms with Crippen molar-refractivity contribution in [1.82, 2.24) is 15.1 Å². The van der Waals surface area contributed by atoms with Crippen LogP contribution in [0.5, 0.6) is 0 Å². The number of piperidine rings is 1. The molecule has 0 unspecified atom stereocenters. The Bertz CT molecular complexity index is 864. The zero-order valence-electron chi connectivity index (χ0n) is 14.1. The summed E-state index contributed by atoms with van der Waals surface area (Å²) < 4.78 is 38.6. The van der Waals surface area contributed by atoms with Crippen molar-refractivity contribution in [1.29, 1.82) is 0 Å². The Labute approximate surface area is 156 Å². The van der Waals surface area contributed by atoms with E-state index in [-0.39, 0.29) is 10.6 Å². The van der Waals surface area contributed by atoms with E-state index in [1.165, 1.54) is 11.3 Å². The summed E-state index contributed by atoms with van der Waals surface area (Å²) in [5, 5.41) is 20.4. The van der Waals surface area contributed by atoms with Crippen LogP contribution in [0.4, 0.5) is 24.0 Å².